The molecule has 0 aliphatic heterocycles. The number of amides is 1. The van der Waals surface area contributed by atoms with E-state index in [0.717, 1.165) is 116 Å². The lowest BCUT2D eigenvalue weighted by Gasteiger charge is -2.25. The molecule has 0 aromatic heterocycles. The molecule has 0 heterocycles. The van der Waals surface area contributed by atoms with Crippen LogP contribution in [0.25, 0.3) is 0 Å². The molecule has 0 saturated carbocycles. The summed E-state index contributed by atoms with van der Waals surface area (Å²) in [6.45, 7) is 4.65. The molecule has 0 rings (SSSR count). The SMILES string of the molecule is CC/C=C\C/C=C\C/C=C\C/C=C\C/C=C\C/C=C\C/C=C\C/C=C\C/C=C\CCCCCCCC(=O)NC(COP(=O)(O)OCC[N+](C)(C)C)C(O)/C=C/CC/C=C/CCCCCCCCCCCCC. The van der Waals surface area contributed by atoms with E-state index in [9.17, 15) is 19.4 Å². The average molecular weight is 1020 g/mol. The van der Waals surface area contributed by atoms with Crippen molar-refractivity contribution in [2.24, 2.45) is 0 Å². The van der Waals surface area contributed by atoms with Gasteiger partial charge in [0.25, 0.3) is 0 Å². The molecular weight excluding hydrogens is 912 g/mol. The van der Waals surface area contributed by atoms with E-state index >= 15 is 0 Å². The summed E-state index contributed by atoms with van der Waals surface area (Å²) >= 11 is 0. The molecule has 0 aliphatic rings. The topological polar surface area (TPSA) is 105 Å². The monoisotopic (exact) mass is 1020 g/mol. The molecule has 1 amide bonds. The van der Waals surface area contributed by atoms with Gasteiger partial charge in [-0.25, -0.2) is 4.57 Å². The van der Waals surface area contributed by atoms with Crippen LogP contribution in [0.5, 0.6) is 0 Å². The Hall–Kier alpha value is -3.36. The third-order valence-electron chi connectivity index (χ3n) is 11.9. The van der Waals surface area contributed by atoms with E-state index in [4.69, 9.17) is 9.05 Å². The molecule has 0 radical (unpaired) electrons. The molecular formula is C63H108N2O6P+. The highest BCUT2D eigenvalue weighted by atomic mass is 31.2. The van der Waals surface area contributed by atoms with Crippen LogP contribution in [0.3, 0.4) is 0 Å². The number of phosphoric acid groups is 1. The summed E-state index contributed by atoms with van der Waals surface area (Å²) in [6.07, 6.45) is 79.8. The van der Waals surface area contributed by atoms with E-state index in [-0.39, 0.29) is 19.1 Å². The van der Waals surface area contributed by atoms with E-state index in [1.807, 2.05) is 27.2 Å². The lowest BCUT2D eigenvalue weighted by atomic mass is 10.1. The van der Waals surface area contributed by atoms with Crippen LogP contribution in [-0.2, 0) is 18.4 Å². The van der Waals surface area contributed by atoms with Gasteiger partial charge in [0.15, 0.2) is 0 Å². The van der Waals surface area contributed by atoms with Gasteiger partial charge in [-0.1, -0.05) is 231 Å². The number of nitrogens with one attached hydrogen (secondary N) is 1. The molecule has 0 spiro atoms. The second-order valence-corrected chi connectivity index (χ2v) is 21.4. The van der Waals surface area contributed by atoms with Crippen molar-refractivity contribution < 1.29 is 32.9 Å². The summed E-state index contributed by atoms with van der Waals surface area (Å²) < 4.78 is 23.6. The van der Waals surface area contributed by atoms with Crippen molar-refractivity contribution in [3.05, 3.63) is 134 Å². The van der Waals surface area contributed by atoms with Gasteiger partial charge in [-0.2, -0.15) is 0 Å². The quantitative estimate of drug-likeness (QED) is 0.0243. The third-order valence-corrected chi connectivity index (χ3v) is 12.8. The van der Waals surface area contributed by atoms with Crippen molar-refractivity contribution in [1.29, 1.82) is 0 Å². The maximum absolute atomic E-state index is 13.0. The number of quaternary nitrogens is 1. The first-order valence-corrected chi connectivity index (χ1v) is 30.1. The lowest BCUT2D eigenvalue weighted by Crippen LogP contribution is -2.45. The first-order valence-electron chi connectivity index (χ1n) is 28.6. The molecule has 9 heteroatoms. The maximum atomic E-state index is 13.0. The Morgan fingerprint density at radius 1 is 0.486 bits per heavy atom. The van der Waals surface area contributed by atoms with Crippen molar-refractivity contribution in [3.8, 4) is 0 Å². The molecule has 0 saturated heterocycles. The summed E-state index contributed by atoms with van der Waals surface area (Å²) in [5.41, 5.74) is 0. The molecule has 0 aromatic carbocycles. The Morgan fingerprint density at radius 2 is 0.847 bits per heavy atom. The number of phosphoric ester groups is 1. The Bertz CT molecular complexity index is 1630. The van der Waals surface area contributed by atoms with Gasteiger partial charge in [-0.3, -0.25) is 13.8 Å². The summed E-state index contributed by atoms with van der Waals surface area (Å²) in [6, 6.07) is -0.884. The number of hydrogen-bond donors (Lipinski definition) is 3. The first kappa shape index (κ1) is 68.6. The standard InChI is InChI=1S/C63H107N2O6P/c1-6-8-10-12-14-16-18-20-22-24-25-26-27-28-29-30-31-32-33-34-35-36-37-38-39-41-43-45-47-49-51-53-55-57-63(67)64-61(60-71-72(68,69)70-59-58-65(3,4)5)62(66)56-54-52-50-48-46-44-42-40-23-21-19-17-15-13-11-9-7-2/h8,10,14,16,20,22,25-26,28-29,31-32,34-35,37-38,41,43,46,48,54,56,61-62,66H,6-7,9,11-13,15,17-19,21,23-24,27,30,33,36,39-40,42,44-45,47,49-53,55,57-60H2,1-5H3,(H-,64,67,68,69)/p+1/b10-8-,16-14-,22-20-,26-25-,29-28-,32-31-,35-34-,38-37-,43-41-,48-46+,56-54+. The minimum absolute atomic E-state index is 0.0446. The van der Waals surface area contributed by atoms with Crippen LogP contribution in [-0.4, -0.2) is 73.4 Å². The van der Waals surface area contributed by atoms with E-state index in [1.54, 1.807) is 6.08 Å². The summed E-state index contributed by atoms with van der Waals surface area (Å²) in [4.78, 5) is 23.3. The fourth-order valence-corrected chi connectivity index (χ4v) is 8.14. The number of unbranched alkanes of at least 4 members (excludes halogenated alkanes) is 17. The predicted molar refractivity (Wildman–Crippen MR) is 313 cm³/mol. The first-order chi connectivity index (χ1) is 35.0. The van der Waals surface area contributed by atoms with Crippen molar-refractivity contribution in [2.75, 3.05) is 40.9 Å². The van der Waals surface area contributed by atoms with E-state index in [1.165, 1.54) is 70.6 Å². The molecule has 3 N–H and O–H groups in total. The summed E-state index contributed by atoms with van der Waals surface area (Å²) in [5.74, 6) is -0.212. The predicted octanol–water partition coefficient (Wildman–Crippen LogP) is 17.5. The van der Waals surface area contributed by atoms with Gasteiger partial charge in [0.1, 0.15) is 13.2 Å². The molecule has 410 valence electrons. The normalized spacial score (nSPS) is 14.9. The van der Waals surface area contributed by atoms with Gasteiger partial charge in [-0.05, 0) is 103 Å². The van der Waals surface area contributed by atoms with Crippen molar-refractivity contribution in [3.63, 3.8) is 0 Å². The number of rotatable bonds is 50. The number of hydrogen-bond acceptors (Lipinski definition) is 5. The zero-order valence-corrected chi connectivity index (χ0v) is 47.5. The molecule has 0 fully saturated rings. The van der Waals surface area contributed by atoms with E-state index < -0.39 is 20.0 Å². The number of carbonyl (C=O) groups excluding carboxylic acids is 1. The van der Waals surface area contributed by atoms with Gasteiger partial charge in [0, 0.05) is 6.42 Å². The number of nitrogens with zero attached hydrogens (tertiary/aromatic N) is 1. The molecule has 3 atom stereocenters. The third kappa shape index (κ3) is 54.4. The number of aliphatic hydroxyl groups is 1. The van der Waals surface area contributed by atoms with Gasteiger partial charge in [0.05, 0.1) is 39.9 Å². The van der Waals surface area contributed by atoms with Crippen LogP contribution >= 0.6 is 7.82 Å². The highest BCUT2D eigenvalue weighted by Gasteiger charge is 2.27. The number of likely N-dealkylation sites (N-methyl/N-ethyl adjacent to an activating group) is 1. The molecule has 0 bridgehead atoms. The Balaban J connectivity index is 4.32. The fraction of sp³-hybridized carbons (Fsp3) is 0.635. The van der Waals surface area contributed by atoms with Crippen LogP contribution in [0, 0.1) is 0 Å². The summed E-state index contributed by atoms with van der Waals surface area (Å²) in [5, 5.41) is 13.9. The van der Waals surface area contributed by atoms with Gasteiger partial charge >= 0.3 is 7.82 Å². The minimum atomic E-state index is -4.37. The second-order valence-electron chi connectivity index (χ2n) is 19.9. The minimum Gasteiger partial charge on any atom is -0.387 e. The highest BCUT2D eigenvalue weighted by Crippen LogP contribution is 2.43. The van der Waals surface area contributed by atoms with Crippen LogP contribution in [0.4, 0.5) is 0 Å². The molecule has 0 aromatic rings. The Morgan fingerprint density at radius 3 is 1.28 bits per heavy atom. The number of allylic oxidation sites excluding steroid dienone is 21. The highest BCUT2D eigenvalue weighted by molar-refractivity contribution is 7.47. The van der Waals surface area contributed by atoms with E-state index in [2.05, 4.69) is 141 Å². The van der Waals surface area contributed by atoms with Crippen LogP contribution in [0.2, 0.25) is 0 Å². The zero-order valence-electron chi connectivity index (χ0n) is 46.6. The molecule has 0 aliphatic carbocycles. The molecule has 3 unspecified atom stereocenters. The van der Waals surface area contributed by atoms with Crippen molar-refractivity contribution >= 4 is 13.7 Å². The van der Waals surface area contributed by atoms with Crippen molar-refractivity contribution in [1.82, 2.24) is 5.32 Å². The Kier molecular flexibility index (Phi) is 50.1. The maximum Gasteiger partial charge on any atom is 0.472 e. The lowest BCUT2D eigenvalue weighted by molar-refractivity contribution is -0.870. The van der Waals surface area contributed by atoms with Gasteiger partial charge < -0.3 is 19.8 Å². The molecule has 8 nitrogen and oxygen atoms in total. The smallest absolute Gasteiger partial charge is 0.387 e. The number of aliphatic hydroxyl groups excluding tert-OH is 1. The van der Waals surface area contributed by atoms with Crippen LogP contribution in [0.1, 0.15) is 206 Å². The fourth-order valence-electron chi connectivity index (χ4n) is 7.40. The van der Waals surface area contributed by atoms with Crippen LogP contribution < -0.4 is 5.32 Å². The van der Waals surface area contributed by atoms with Crippen molar-refractivity contribution in [2.45, 2.75) is 219 Å². The largest absolute Gasteiger partial charge is 0.472 e. The number of carbonyl (C=O) groups is 1. The Labute approximate surface area is 443 Å². The van der Waals surface area contributed by atoms with Gasteiger partial charge in [0.2, 0.25) is 5.91 Å². The van der Waals surface area contributed by atoms with Crippen LogP contribution in [0.15, 0.2) is 134 Å². The average Bonchev–Trinajstić information content (AvgIpc) is 3.34. The second kappa shape index (κ2) is 52.5. The zero-order chi connectivity index (χ0) is 52.7. The van der Waals surface area contributed by atoms with E-state index in [0.29, 0.717) is 17.4 Å². The summed E-state index contributed by atoms with van der Waals surface area (Å²) in [7, 11) is 1.52. The van der Waals surface area contributed by atoms with Gasteiger partial charge in [-0.15, -0.1) is 0 Å². The molecule has 72 heavy (non-hydrogen) atoms.